The second kappa shape index (κ2) is 11.4. The third-order valence-corrected chi connectivity index (χ3v) is 5.11. The van der Waals surface area contributed by atoms with E-state index >= 15 is 0 Å². The van der Waals surface area contributed by atoms with Gasteiger partial charge in [0.05, 0.1) is 0 Å². The number of hydrogen-bond acceptors (Lipinski definition) is 2. The van der Waals surface area contributed by atoms with Crippen molar-refractivity contribution in [2.45, 2.75) is 39.2 Å². The van der Waals surface area contributed by atoms with Crippen molar-refractivity contribution in [2.24, 2.45) is 16.8 Å². The van der Waals surface area contributed by atoms with Crippen molar-refractivity contribution >= 4 is 35.8 Å². The van der Waals surface area contributed by atoms with E-state index in [2.05, 4.69) is 34.5 Å². The van der Waals surface area contributed by atoms with Crippen molar-refractivity contribution < 1.29 is 4.79 Å². The van der Waals surface area contributed by atoms with Crippen molar-refractivity contribution in [1.29, 1.82) is 0 Å². The number of nitrogens with one attached hydrogen (secondary N) is 2. The summed E-state index contributed by atoms with van der Waals surface area (Å²) < 4.78 is 0. The Labute approximate surface area is 175 Å². The Bertz CT molecular complexity index is 597. The number of hydrogen-bond donors (Lipinski definition) is 2. The fourth-order valence-corrected chi connectivity index (χ4v) is 3.52. The molecule has 1 amide bonds. The lowest BCUT2D eigenvalue weighted by molar-refractivity contribution is 0.0963. The normalized spacial score (nSPS) is 20.1. The number of aliphatic imine (C=N–C) groups is 1. The average molecular weight is 472 g/mol. The minimum atomic E-state index is -0.0603. The molecule has 1 aromatic carbocycles. The van der Waals surface area contributed by atoms with Gasteiger partial charge in [-0.25, -0.2) is 0 Å². The van der Waals surface area contributed by atoms with Crippen LogP contribution in [0.15, 0.2) is 29.3 Å². The lowest BCUT2D eigenvalue weighted by Gasteiger charge is -2.31. The molecule has 0 atom stereocenters. The van der Waals surface area contributed by atoms with Crippen LogP contribution in [0, 0.1) is 11.8 Å². The summed E-state index contributed by atoms with van der Waals surface area (Å²) >= 11 is 0. The predicted octanol–water partition coefficient (Wildman–Crippen LogP) is 3.50. The molecule has 0 radical (unpaired) electrons. The Kier molecular flexibility index (Phi) is 9.98. The number of carbonyl (C=O) groups excluding carboxylic acids is 1. The Morgan fingerprint density at radius 2 is 1.96 bits per heavy atom. The number of nitrogens with zero attached hydrogens (tertiary/aromatic N) is 2. The maximum Gasteiger partial charge on any atom is 0.251 e. The van der Waals surface area contributed by atoms with Crippen LogP contribution in [0.25, 0.3) is 0 Å². The SMILES string of the molecule is CN=C(NCc1cccc(C(=O)NC)c1)N(C)CC1CCC(C)CC1.I. The molecule has 146 valence electrons. The largest absolute Gasteiger partial charge is 0.355 e. The van der Waals surface area contributed by atoms with Gasteiger partial charge in [-0.1, -0.05) is 31.9 Å². The molecule has 1 aromatic rings. The molecule has 5 nitrogen and oxygen atoms in total. The molecule has 0 saturated heterocycles. The van der Waals surface area contributed by atoms with Crippen LogP contribution < -0.4 is 10.6 Å². The zero-order chi connectivity index (χ0) is 18.2. The van der Waals surface area contributed by atoms with Gasteiger partial charge in [-0.2, -0.15) is 0 Å². The molecule has 0 aliphatic heterocycles. The van der Waals surface area contributed by atoms with Gasteiger partial charge in [0.1, 0.15) is 0 Å². The van der Waals surface area contributed by atoms with Gasteiger partial charge < -0.3 is 15.5 Å². The fraction of sp³-hybridized carbons (Fsp3) is 0.600. The quantitative estimate of drug-likeness (QED) is 0.392. The van der Waals surface area contributed by atoms with E-state index in [0.717, 1.165) is 29.9 Å². The molecule has 2 N–H and O–H groups in total. The molecular formula is C20H33IN4O. The molecule has 1 fully saturated rings. The fourth-order valence-electron chi connectivity index (χ4n) is 3.52. The van der Waals surface area contributed by atoms with Crippen molar-refractivity contribution in [3.8, 4) is 0 Å². The van der Waals surface area contributed by atoms with Crippen LogP contribution >= 0.6 is 24.0 Å². The van der Waals surface area contributed by atoms with Gasteiger partial charge in [0.15, 0.2) is 5.96 Å². The maximum absolute atomic E-state index is 11.7. The number of guanidine groups is 1. The summed E-state index contributed by atoms with van der Waals surface area (Å²) in [6.07, 6.45) is 5.32. The topological polar surface area (TPSA) is 56.7 Å². The summed E-state index contributed by atoms with van der Waals surface area (Å²) in [5.74, 6) is 2.49. The molecule has 0 heterocycles. The monoisotopic (exact) mass is 472 g/mol. The highest BCUT2D eigenvalue weighted by atomic mass is 127. The van der Waals surface area contributed by atoms with E-state index in [-0.39, 0.29) is 29.9 Å². The highest BCUT2D eigenvalue weighted by Crippen LogP contribution is 2.28. The van der Waals surface area contributed by atoms with Gasteiger partial charge in [0.25, 0.3) is 5.91 Å². The van der Waals surface area contributed by atoms with Crippen LogP contribution in [0.3, 0.4) is 0 Å². The number of rotatable bonds is 5. The van der Waals surface area contributed by atoms with Gasteiger partial charge in [-0.15, -0.1) is 24.0 Å². The number of benzene rings is 1. The van der Waals surface area contributed by atoms with E-state index in [1.807, 2.05) is 31.3 Å². The third kappa shape index (κ3) is 6.78. The molecule has 1 aliphatic rings. The first-order valence-electron chi connectivity index (χ1n) is 9.26. The van der Waals surface area contributed by atoms with E-state index in [1.165, 1.54) is 25.7 Å². The van der Waals surface area contributed by atoms with Crippen LogP contribution in [0.4, 0.5) is 0 Å². The molecule has 26 heavy (non-hydrogen) atoms. The average Bonchev–Trinajstić information content (AvgIpc) is 2.63. The molecule has 0 aromatic heterocycles. The second-order valence-corrected chi connectivity index (χ2v) is 7.19. The summed E-state index contributed by atoms with van der Waals surface area (Å²) in [7, 11) is 5.58. The Hall–Kier alpha value is -1.31. The molecule has 1 aliphatic carbocycles. The zero-order valence-electron chi connectivity index (χ0n) is 16.4. The summed E-state index contributed by atoms with van der Waals surface area (Å²) in [6.45, 7) is 4.06. The second-order valence-electron chi connectivity index (χ2n) is 7.19. The summed E-state index contributed by atoms with van der Waals surface area (Å²) in [6, 6.07) is 7.68. The molecule has 6 heteroatoms. The zero-order valence-corrected chi connectivity index (χ0v) is 18.7. The van der Waals surface area contributed by atoms with E-state index in [0.29, 0.717) is 12.1 Å². The Balaban J connectivity index is 0.00000338. The van der Waals surface area contributed by atoms with Crippen molar-refractivity contribution in [1.82, 2.24) is 15.5 Å². The summed E-state index contributed by atoms with van der Waals surface area (Å²) in [5, 5.41) is 6.07. The Morgan fingerprint density at radius 3 is 2.58 bits per heavy atom. The summed E-state index contributed by atoms with van der Waals surface area (Å²) in [5.41, 5.74) is 1.75. The van der Waals surface area contributed by atoms with E-state index < -0.39 is 0 Å². The van der Waals surface area contributed by atoms with Crippen molar-refractivity contribution in [2.75, 3.05) is 27.7 Å². The Morgan fingerprint density at radius 1 is 1.27 bits per heavy atom. The maximum atomic E-state index is 11.7. The van der Waals surface area contributed by atoms with Crippen LogP contribution in [0.2, 0.25) is 0 Å². The lowest BCUT2D eigenvalue weighted by atomic mass is 9.83. The van der Waals surface area contributed by atoms with E-state index in [4.69, 9.17) is 0 Å². The number of halogens is 1. The van der Waals surface area contributed by atoms with Gasteiger partial charge in [0.2, 0.25) is 0 Å². The van der Waals surface area contributed by atoms with Crippen LogP contribution in [-0.2, 0) is 6.54 Å². The van der Waals surface area contributed by atoms with E-state index in [1.54, 1.807) is 7.05 Å². The molecule has 0 unspecified atom stereocenters. The third-order valence-electron chi connectivity index (χ3n) is 5.11. The predicted molar refractivity (Wildman–Crippen MR) is 119 cm³/mol. The summed E-state index contributed by atoms with van der Waals surface area (Å²) in [4.78, 5) is 18.4. The van der Waals surface area contributed by atoms with Crippen LogP contribution in [0.1, 0.15) is 48.5 Å². The minimum Gasteiger partial charge on any atom is -0.355 e. The van der Waals surface area contributed by atoms with Crippen LogP contribution in [-0.4, -0.2) is 44.5 Å². The molecular weight excluding hydrogens is 439 g/mol. The van der Waals surface area contributed by atoms with Crippen molar-refractivity contribution in [3.63, 3.8) is 0 Å². The van der Waals surface area contributed by atoms with E-state index in [9.17, 15) is 4.79 Å². The van der Waals surface area contributed by atoms with Gasteiger partial charge in [0, 0.05) is 39.8 Å². The number of carbonyl (C=O) groups is 1. The number of amides is 1. The first-order chi connectivity index (χ1) is 12.0. The highest BCUT2D eigenvalue weighted by molar-refractivity contribution is 14.0. The van der Waals surface area contributed by atoms with Crippen molar-refractivity contribution in [3.05, 3.63) is 35.4 Å². The standard InChI is InChI=1S/C20H32N4O.HI/c1-15-8-10-16(11-9-15)14-24(4)20(22-3)23-13-17-6-5-7-18(12-17)19(25)21-2;/h5-7,12,15-16H,8-11,13-14H2,1-4H3,(H,21,25)(H,22,23);1H. The molecule has 2 rings (SSSR count). The molecule has 0 spiro atoms. The van der Waals surface area contributed by atoms with Gasteiger partial charge in [-0.05, 0) is 42.4 Å². The molecule has 0 bridgehead atoms. The minimum absolute atomic E-state index is 0. The molecule has 1 saturated carbocycles. The first kappa shape index (κ1) is 22.7. The smallest absolute Gasteiger partial charge is 0.251 e. The van der Waals surface area contributed by atoms with Crippen LogP contribution in [0.5, 0.6) is 0 Å². The van der Waals surface area contributed by atoms with Gasteiger partial charge >= 0.3 is 0 Å². The first-order valence-corrected chi connectivity index (χ1v) is 9.26. The van der Waals surface area contributed by atoms with Gasteiger partial charge in [-0.3, -0.25) is 9.79 Å². The highest BCUT2D eigenvalue weighted by Gasteiger charge is 2.20. The lowest BCUT2D eigenvalue weighted by Crippen LogP contribution is -2.41.